The lowest BCUT2D eigenvalue weighted by Gasteiger charge is -2.19. The van der Waals surface area contributed by atoms with E-state index in [0.717, 1.165) is 11.1 Å². The monoisotopic (exact) mass is 321 g/mol. The maximum Gasteiger partial charge on any atom is 0.174 e. The molecule has 0 amide bonds. The van der Waals surface area contributed by atoms with Crippen LogP contribution in [0.2, 0.25) is 0 Å². The number of nitrogens with zero attached hydrogens (tertiary/aromatic N) is 1. The minimum Gasteiger partial charge on any atom is -0.493 e. The number of ether oxygens (including phenoxy) is 2. The van der Waals surface area contributed by atoms with Crippen molar-refractivity contribution >= 4 is 15.9 Å². The molecule has 2 rings (SSSR count). The molecule has 1 aromatic carbocycles. The Labute approximate surface area is 131 Å². The van der Waals surface area contributed by atoms with Gasteiger partial charge in [0, 0.05) is 11.3 Å². The summed E-state index contributed by atoms with van der Waals surface area (Å²) in [5.41, 5.74) is 1.90. The topological polar surface area (TPSA) is 76.4 Å². The predicted octanol–water partition coefficient (Wildman–Crippen LogP) is 2.71. The third-order valence-electron chi connectivity index (χ3n) is 3.70. The Morgan fingerprint density at radius 1 is 1.18 bits per heavy atom. The van der Waals surface area contributed by atoms with E-state index in [4.69, 9.17) is 14.7 Å². The number of rotatable bonds is 6. The largest absolute Gasteiger partial charge is 0.493 e. The molecule has 0 fully saturated rings. The average molecular weight is 321 g/mol. The molecule has 0 aliphatic heterocycles. The summed E-state index contributed by atoms with van der Waals surface area (Å²) in [6.45, 7) is 0. The second-order valence-electron chi connectivity index (χ2n) is 5.10. The Balaban J connectivity index is 2.33. The van der Waals surface area contributed by atoms with Gasteiger partial charge in [-0.1, -0.05) is 0 Å². The second kappa shape index (κ2) is 6.84. The smallest absolute Gasteiger partial charge is 0.174 e. The van der Waals surface area contributed by atoms with E-state index in [-0.39, 0.29) is 12.2 Å². The Morgan fingerprint density at radius 3 is 2.50 bits per heavy atom. The van der Waals surface area contributed by atoms with Crippen LogP contribution < -0.4 is 9.47 Å². The first kappa shape index (κ1) is 16.4. The first-order chi connectivity index (χ1) is 10.5. The number of methoxy groups -OCH3 is 2. The molecule has 0 atom stereocenters. The normalized spacial score (nSPS) is 13.8. The quantitative estimate of drug-likeness (QED) is 0.753. The lowest BCUT2D eigenvalue weighted by Crippen LogP contribution is -2.13. The van der Waals surface area contributed by atoms with Gasteiger partial charge in [-0.25, -0.2) is 8.42 Å². The third kappa shape index (κ3) is 3.42. The molecule has 0 aromatic heterocycles. The van der Waals surface area contributed by atoms with E-state index in [1.807, 2.05) is 12.1 Å². The Kier molecular flexibility index (Phi) is 5.09. The molecule has 1 aromatic rings. The summed E-state index contributed by atoms with van der Waals surface area (Å²) in [4.78, 5) is 0.435. The van der Waals surface area contributed by atoms with Crippen molar-refractivity contribution in [2.45, 2.75) is 25.7 Å². The highest BCUT2D eigenvalue weighted by atomic mass is 32.2. The summed E-state index contributed by atoms with van der Waals surface area (Å²) in [6, 6.07) is 5.67. The first-order valence-electron chi connectivity index (χ1n) is 7.07. The predicted molar refractivity (Wildman–Crippen MR) is 84.5 cm³/mol. The van der Waals surface area contributed by atoms with Gasteiger partial charge in [-0.2, -0.15) is 5.26 Å². The fraction of sp³-hybridized carbons (Fsp3) is 0.438. The minimum absolute atomic E-state index is 0.0228. The molecule has 1 aliphatic carbocycles. The number of hydrogen-bond donors (Lipinski definition) is 0. The van der Waals surface area contributed by atoms with Crippen molar-refractivity contribution in [3.63, 3.8) is 0 Å². The van der Waals surface area contributed by atoms with Crippen LogP contribution in [0.4, 0.5) is 0 Å². The van der Waals surface area contributed by atoms with Crippen molar-refractivity contribution in [3.8, 4) is 17.6 Å². The molecule has 0 spiro atoms. The van der Waals surface area contributed by atoms with E-state index < -0.39 is 9.84 Å². The number of unbranched alkanes of at least 4 members (excludes halogenated alkanes) is 1. The van der Waals surface area contributed by atoms with Crippen LogP contribution in [0, 0.1) is 11.3 Å². The van der Waals surface area contributed by atoms with Gasteiger partial charge < -0.3 is 9.47 Å². The first-order valence-corrected chi connectivity index (χ1v) is 8.72. The van der Waals surface area contributed by atoms with Gasteiger partial charge in [-0.3, -0.25) is 0 Å². The molecule has 0 saturated carbocycles. The maximum atomic E-state index is 12.3. The van der Waals surface area contributed by atoms with Crippen LogP contribution in [0.25, 0.3) is 6.08 Å². The van der Waals surface area contributed by atoms with E-state index >= 15 is 0 Å². The third-order valence-corrected chi connectivity index (χ3v) is 5.65. The number of fused-ring (bicyclic) bond motifs is 1. The molecule has 1 aliphatic rings. The molecule has 118 valence electrons. The van der Waals surface area contributed by atoms with Crippen LogP contribution in [0.5, 0.6) is 11.5 Å². The van der Waals surface area contributed by atoms with E-state index in [0.29, 0.717) is 35.7 Å². The lowest BCUT2D eigenvalue weighted by atomic mass is 9.96. The highest BCUT2D eigenvalue weighted by Crippen LogP contribution is 2.36. The van der Waals surface area contributed by atoms with E-state index in [1.54, 1.807) is 26.4 Å². The summed E-state index contributed by atoms with van der Waals surface area (Å²) < 4.78 is 35.2. The number of nitriles is 1. The maximum absolute atomic E-state index is 12.3. The van der Waals surface area contributed by atoms with Gasteiger partial charge in [-0.05, 0) is 48.6 Å². The zero-order valence-electron chi connectivity index (χ0n) is 12.8. The Bertz CT molecular complexity index is 729. The standard InChI is InChI=1S/C16H19NO4S/c1-20-15-10-12-5-6-14(9-13(12)11-16(15)21-2)22(18,19)8-4-3-7-17/h9-11H,3-6,8H2,1-2H3. The highest BCUT2D eigenvalue weighted by Gasteiger charge is 2.23. The van der Waals surface area contributed by atoms with Gasteiger partial charge in [-0.15, -0.1) is 0 Å². The summed E-state index contributed by atoms with van der Waals surface area (Å²) in [7, 11) is -0.166. The number of aryl methyl sites for hydroxylation is 1. The van der Waals surface area contributed by atoms with Gasteiger partial charge in [0.15, 0.2) is 21.3 Å². The van der Waals surface area contributed by atoms with Crippen molar-refractivity contribution in [2.24, 2.45) is 0 Å². The van der Waals surface area contributed by atoms with Crippen LogP contribution in [0.3, 0.4) is 0 Å². The van der Waals surface area contributed by atoms with Crippen LogP contribution in [-0.4, -0.2) is 28.4 Å². The van der Waals surface area contributed by atoms with Crippen LogP contribution in [0.15, 0.2) is 17.0 Å². The Hall–Kier alpha value is -2.00. The van der Waals surface area contributed by atoms with Gasteiger partial charge in [0.1, 0.15) is 0 Å². The number of benzene rings is 1. The number of allylic oxidation sites excluding steroid dienone is 1. The summed E-state index contributed by atoms with van der Waals surface area (Å²) in [6.07, 6.45) is 3.47. The van der Waals surface area contributed by atoms with Gasteiger partial charge in [0.2, 0.25) is 0 Å². The van der Waals surface area contributed by atoms with E-state index in [9.17, 15) is 8.42 Å². The van der Waals surface area contributed by atoms with Crippen molar-refractivity contribution in [3.05, 3.63) is 28.2 Å². The molecule has 22 heavy (non-hydrogen) atoms. The Morgan fingerprint density at radius 2 is 1.86 bits per heavy atom. The number of hydrogen-bond acceptors (Lipinski definition) is 5. The summed E-state index contributed by atoms with van der Waals surface area (Å²) in [5.74, 6) is 1.25. The van der Waals surface area contributed by atoms with E-state index in [1.165, 1.54) is 0 Å². The molecule has 5 nitrogen and oxygen atoms in total. The molecule has 0 heterocycles. The highest BCUT2D eigenvalue weighted by molar-refractivity contribution is 7.95. The van der Waals surface area contributed by atoms with Crippen LogP contribution >= 0.6 is 0 Å². The zero-order chi connectivity index (χ0) is 16.2. The molecule has 0 radical (unpaired) electrons. The molecule has 6 heteroatoms. The molecular weight excluding hydrogens is 302 g/mol. The van der Waals surface area contributed by atoms with Gasteiger partial charge in [0.25, 0.3) is 0 Å². The van der Waals surface area contributed by atoms with Crippen molar-refractivity contribution in [2.75, 3.05) is 20.0 Å². The lowest BCUT2D eigenvalue weighted by molar-refractivity contribution is 0.354. The average Bonchev–Trinajstić information content (AvgIpc) is 2.53. The van der Waals surface area contributed by atoms with Crippen molar-refractivity contribution in [1.29, 1.82) is 5.26 Å². The molecular formula is C16H19NO4S. The van der Waals surface area contributed by atoms with Crippen LogP contribution in [0.1, 0.15) is 30.4 Å². The van der Waals surface area contributed by atoms with Crippen LogP contribution in [-0.2, 0) is 16.3 Å². The molecule has 0 bridgehead atoms. The van der Waals surface area contributed by atoms with Crippen molar-refractivity contribution in [1.82, 2.24) is 0 Å². The summed E-state index contributed by atoms with van der Waals surface area (Å²) in [5, 5.41) is 8.53. The van der Waals surface area contributed by atoms with Gasteiger partial charge >= 0.3 is 0 Å². The number of sulfone groups is 1. The minimum atomic E-state index is -3.30. The molecule has 0 N–H and O–H groups in total. The van der Waals surface area contributed by atoms with Crippen molar-refractivity contribution < 1.29 is 17.9 Å². The SMILES string of the molecule is COc1cc2c(cc1OC)CCC(S(=O)(=O)CCCC#N)=C2. The zero-order valence-corrected chi connectivity index (χ0v) is 13.6. The molecule has 0 saturated heterocycles. The molecule has 0 unspecified atom stereocenters. The fourth-order valence-corrected chi connectivity index (χ4v) is 4.01. The summed E-state index contributed by atoms with van der Waals surface area (Å²) >= 11 is 0. The van der Waals surface area contributed by atoms with E-state index in [2.05, 4.69) is 0 Å². The fourth-order valence-electron chi connectivity index (χ4n) is 2.51. The second-order valence-corrected chi connectivity index (χ2v) is 7.26. The van der Waals surface area contributed by atoms with Gasteiger partial charge in [0.05, 0.1) is 26.0 Å².